The average molecular weight is 629 g/mol. The minimum absolute atomic E-state index is 0.0218. The number of aromatic nitrogens is 1. The van der Waals surface area contributed by atoms with Crippen molar-refractivity contribution in [3.63, 3.8) is 0 Å². The second-order valence-electron chi connectivity index (χ2n) is 13.7. The summed E-state index contributed by atoms with van der Waals surface area (Å²) in [5, 5.41) is 14.0. The lowest BCUT2D eigenvalue weighted by atomic mass is 9.87. The van der Waals surface area contributed by atoms with Gasteiger partial charge in [0.1, 0.15) is 24.0 Å². The molecule has 1 aromatic carbocycles. The zero-order chi connectivity index (χ0) is 32.7. The molecule has 1 aliphatic carbocycles. The van der Waals surface area contributed by atoms with Crippen LogP contribution in [0, 0.1) is 0 Å². The molecule has 44 heavy (non-hydrogen) atoms. The van der Waals surface area contributed by atoms with E-state index in [1.165, 1.54) is 54.3 Å². The number of carbonyl (C=O) groups is 3. The Morgan fingerprint density at radius 3 is 2.23 bits per heavy atom. The third-order valence-electron chi connectivity index (χ3n) is 7.93. The Morgan fingerprint density at radius 2 is 1.73 bits per heavy atom. The van der Waals surface area contributed by atoms with Gasteiger partial charge in [0, 0.05) is 36.1 Å². The van der Waals surface area contributed by atoms with E-state index in [1.807, 2.05) is 12.1 Å². The lowest BCUT2D eigenvalue weighted by Gasteiger charge is -2.34. The van der Waals surface area contributed by atoms with E-state index in [0.717, 1.165) is 11.6 Å². The molecule has 2 aromatic rings. The van der Waals surface area contributed by atoms with E-state index in [2.05, 4.69) is 38.1 Å². The predicted molar refractivity (Wildman–Crippen MR) is 174 cm³/mol. The van der Waals surface area contributed by atoms with Gasteiger partial charge in [-0.05, 0) is 69.8 Å². The van der Waals surface area contributed by atoms with Gasteiger partial charge in [0.2, 0.25) is 0 Å². The number of carbonyl (C=O) groups excluding carboxylic acids is 3. The minimum atomic E-state index is -1.05. The van der Waals surface area contributed by atoms with Gasteiger partial charge in [-0.1, -0.05) is 63.8 Å². The number of ether oxygens (including phenoxy) is 1. The Bertz CT molecular complexity index is 1250. The first-order valence-corrected chi connectivity index (χ1v) is 15.9. The van der Waals surface area contributed by atoms with Crippen LogP contribution < -0.4 is 10.2 Å². The number of β-amino-alcohol motifs (C(OH)–C–C–N with tert-alkyl or cyclic N) is 1. The number of aldehydes is 1. The molecule has 3 atom stereocenters. The van der Waals surface area contributed by atoms with E-state index in [1.54, 1.807) is 39.0 Å². The van der Waals surface area contributed by atoms with Crippen LogP contribution in [0.3, 0.4) is 0 Å². The molecule has 9 nitrogen and oxygen atoms in total. The molecule has 1 saturated heterocycles. The highest BCUT2D eigenvalue weighted by molar-refractivity contribution is 6.30. The smallest absolute Gasteiger partial charge is 0.411 e. The second-order valence-corrected chi connectivity index (χ2v) is 14.1. The summed E-state index contributed by atoms with van der Waals surface area (Å²) in [6, 6.07) is 7.70. The Labute approximate surface area is 267 Å². The quantitative estimate of drug-likeness (QED) is 0.366. The number of nitrogens with one attached hydrogen (secondary N) is 1. The number of nitrogens with zero attached hydrogens (tertiary/aromatic N) is 3. The lowest BCUT2D eigenvalue weighted by Crippen LogP contribution is -2.50. The van der Waals surface area contributed by atoms with Crippen LogP contribution in [-0.4, -0.2) is 70.7 Å². The molecular formula is C34H49ClN4O5. The highest BCUT2D eigenvalue weighted by atomic mass is 35.5. The minimum Gasteiger partial charge on any atom is -0.444 e. The van der Waals surface area contributed by atoms with E-state index in [9.17, 15) is 19.5 Å². The molecule has 3 unspecified atom stereocenters. The third kappa shape index (κ3) is 9.74. The topological polar surface area (TPSA) is 112 Å². The fourth-order valence-corrected chi connectivity index (χ4v) is 5.73. The molecule has 4 rings (SSSR count). The summed E-state index contributed by atoms with van der Waals surface area (Å²) < 4.78 is 5.48. The van der Waals surface area contributed by atoms with Crippen LogP contribution in [0.1, 0.15) is 97.2 Å². The van der Waals surface area contributed by atoms with E-state index < -0.39 is 35.8 Å². The number of amides is 2. The third-order valence-corrected chi connectivity index (χ3v) is 8.14. The fourth-order valence-electron chi connectivity index (χ4n) is 5.55. The Kier molecular flexibility index (Phi) is 12.4. The zero-order valence-corrected chi connectivity index (χ0v) is 27.9. The summed E-state index contributed by atoms with van der Waals surface area (Å²) in [7, 11) is 2.07. The maximum Gasteiger partial charge on any atom is 0.411 e. The molecular weight excluding hydrogens is 580 g/mol. The molecule has 10 heteroatoms. The van der Waals surface area contributed by atoms with E-state index in [0.29, 0.717) is 22.6 Å². The Morgan fingerprint density at radius 1 is 1.09 bits per heavy atom. The number of pyridine rings is 1. The summed E-state index contributed by atoms with van der Waals surface area (Å²) in [5.41, 5.74) is 1.05. The van der Waals surface area contributed by atoms with Crippen molar-refractivity contribution in [3.05, 3.63) is 58.9 Å². The number of aliphatic hydroxyl groups is 1. The van der Waals surface area contributed by atoms with Gasteiger partial charge in [-0.25, -0.2) is 4.79 Å². The highest BCUT2D eigenvalue weighted by Gasteiger charge is 2.44. The molecule has 2 heterocycles. The van der Waals surface area contributed by atoms with E-state index in [-0.39, 0.29) is 18.4 Å². The number of anilines is 1. The second kappa shape index (κ2) is 15.3. The number of hydrogen-bond acceptors (Lipinski definition) is 7. The van der Waals surface area contributed by atoms with Gasteiger partial charge in [-0.15, -0.1) is 0 Å². The summed E-state index contributed by atoms with van der Waals surface area (Å²) in [5.74, 6) is -0.516. The zero-order valence-electron chi connectivity index (χ0n) is 27.2. The molecule has 2 N–H and O–H groups in total. The average Bonchev–Trinajstić information content (AvgIpc) is 3.37. The number of likely N-dealkylation sites (tertiary alicyclic amines) is 1. The van der Waals surface area contributed by atoms with Gasteiger partial charge in [-0.3, -0.25) is 19.6 Å². The number of rotatable bonds is 6. The summed E-state index contributed by atoms with van der Waals surface area (Å²) in [6.45, 7) is 11.4. The molecule has 0 radical (unpaired) electrons. The van der Waals surface area contributed by atoms with Gasteiger partial charge >= 0.3 is 6.09 Å². The van der Waals surface area contributed by atoms with Crippen molar-refractivity contribution in [2.24, 2.45) is 0 Å². The largest absolute Gasteiger partial charge is 0.444 e. The molecule has 242 valence electrons. The van der Waals surface area contributed by atoms with Gasteiger partial charge in [-0.2, -0.15) is 0 Å². The summed E-state index contributed by atoms with van der Waals surface area (Å²) in [4.78, 5) is 46.0. The van der Waals surface area contributed by atoms with Crippen molar-refractivity contribution in [1.29, 1.82) is 0 Å². The van der Waals surface area contributed by atoms with Crippen LogP contribution in [0.5, 0.6) is 0 Å². The summed E-state index contributed by atoms with van der Waals surface area (Å²) in [6.07, 6.45) is 9.10. The van der Waals surface area contributed by atoms with Crippen molar-refractivity contribution in [2.75, 3.05) is 18.5 Å². The number of hydrogen-bond donors (Lipinski definition) is 2. The first-order chi connectivity index (χ1) is 20.6. The normalized spacial score (nSPS) is 19.9. The first-order valence-electron chi connectivity index (χ1n) is 15.5. The molecule has 1 saturated carbocycles. The van der Waals surface area contributed by atoms with Crippen LogP contribution >= 0.6 is 11.6 Å². The van der Waals surface area contributed by atoms with Crippen molar-refractivity contribution >= 4 is 35.6 Å². The first kappa shape index (κ1) is 35.5. The molecule has 2 amide bonds. The van der Waals surface area contributed by atoms with Gasteiger partial charge < -0.3 is 20.0 Å². The van der Waals surface area contributed by atoms with Crippen molar-refractivity contribution in [2.45, 2.75) is 115 Å². The fraction of sp³-hybridized carbons (Fsp3) is 0.588. The molecule has 1 aliphatic heterocycles. The number of aliphatic hydroxyl groups excluding tert-OH is 1. The van der Waals surface area contributed by atoms with Crippen LogP contribution in [-0.2, 0) is 19.7 Å². The van der Waals surface area contributed by atoms with Crippen molar-refractivity contribution in [3.8, 4) is 0 Å². The van der Waals surface area contributed by atoms with Gasteiger partial charge in [0.25, 0.3) is 5.91 Å². The Balaban J connectivity index is 0.000000572. The van der Waals surface area contributed by atoms with Crippen LogP contribution in [0.25, 0.3) is 0 Å². The number of halogens is 1. The maximum atomic E-state index is 14.1. The monoisotopic (exact) mass is 628 g/mol. The van der Waals surface area contributed by atoms with Crippen LogP contribution in [0.4, 0.5) is 10.5 Å². The maximum absolute atomic E-state index is 14.1. The van der Waals surface area contributed by atoms with E-state index >= 15 is 0 Å². The molecule has 1 aromatic heterocycles. The lowest BCUT2D eigenvalue weighted by molar-refractivity contribution is -0.125. The molecule has 2 aliphatic rings. The SMILES string of the molecule is CC(C)(C)OC(=O)N1CC(O)CC1C(=O)N(c1ccc(C(C)(C)C)cc1)C(C=O)c1cncc(Cl)c1.CNC1CCCCC1. The van der Waals surface area contributed by atoms with Crippen LogP contribution in [0.15, 0.2) is 42.7 Å². The Hall–Kier alpha value is -3.01. The van der Waals surface area contributed by atoms with Crippen molar-refractivity contribution < 1.29 is 24.2 Å². The van der Waals surface area contributed by atoms with Crippen LogP contribution in [0.2, 0.25) is 5.02 Å². The molecule has 2 fully saturated rings. The van der Waals surface area contributed by atoms with Gasteiger partial charge in [0.15, 0.2) is 0 Å². The van der Waals surface area contributed by atoms with Crippen molar-refractivity contribution in [1.82, 2.24) is 15.2 Å². The molecule has 0 bridgehead atoms. The van der Waals surface area contributed by atoms with E-state index in [4.69, 9.17) is 16.3 Å². The predicted octanol–water partition coefficient (Wildman–Crippen LogP) is 6.21. The summed E-state index contributed by atoms with van der Waals surface area (Å²) >= 11 is 6.14. The standard InChI is InChI=1S/C27H34ClN3O5.C7H15N/c1-26(2,3)18-7-9-20(10-8-18)31(23(16-32)17-11-19(28)14-29-13-17)24(34)22-12-21(33)15-30(22)25(35)36-27(4,5)6;1-8-7-5-3-2-4-6-7/h7-11,13-14,16,21-23,33H,12,15H2,1-6H3;7-8H,2-6H2,1H3. The molecule has 0 spiro atoms. The highest BCUT2D eigenvalue weighted by Crippen LogP contribution is 2.33. The van der Waals surface area contributed by atoms with Gasteiger partial charge in [0.05, 0.1) is 17.7 Å². The number of benzene rings is 1.